The van der Waals surface area contributed by atoms with Gasteiger partial charge in [-0.15, -0.1) is 0 Å². The summed E-state index contributed by atoms with van der Waals surface area (Å²) in [4.78, 5) is 26.7. The van der Waals surface area contributed by atoms with Crippen molar-refractivity contribution in [3.63, 3.8) is 0 Å². The number of anilines is 2. The van der Waals surface area contributed by atoms with Crippen molar-refractivity contribution in [3.8, 4) is 5.75 Å². The van der Waals surface area contributed by atoms with Crippen molar-refractivity contribution in [1.29, 1.82) is 0 Å². The Bertz CT molecular complexity index is 805. The summed E-state index contributed by atoms with van der Waals surface area (Å²) in [5.74, 6) is 0.204. The summed E-state index contributed by atoms with van der Waals surface area (Å²) in [5.41, 5.74) is 2.64. The normalized spacial score (nSPS) is 16.4. The topological polar surface area (TPSA) is 70.7 Å². The molecule has 0 spiro atoms. The van der Waals surface area contributed by atoms with Crippen LogP contribution in [0.2, 0.25) is 0 Å². The van der Waals surface area contributed by atoms with Crippen LogP contribution in [-0.2, 0) is 16.1 Å². The van der Waals surface area contributed by atoms with E-state index in [2.05, 4.69) is 17.6 Å². The van der Waals surface area contributed by atoms with Crippen LogP contribution in [0.5, 0.6) is 5.75 Å². The van der Waals surface area contributed by atoms with E-state index in [1.807, 2.05) is 48.5 Å². The second kappa shape index (κ2) is 8.68. The first-order valence-electron chi connectivity index (χ1n) is 9.15. The summed E-state index contributed by atoms with van der Waals surface area (Å²) in [5, 5.41) is 6.21. The third kappa shape index (κ3) is 4.65. The third-order valence-corrected chi connectivity index (χ3v) is 4.65. The van der Waals surface area contributed by atoms with E-state index in [1.165, 1.54) is 0 Å². The number of ether oxygens (including phenoxy) is 1. The van der Waals surface area contributed by atoms with Crippen molar-refractivity contribution in [1.82, 2.24) is 5.32 Å². The Kier molecular flexibility index (Phi) is 6.08. The predicted octanol–water partition coefficient (Wildman–Crippen LogP) is 2.80. The highest BCUT2D eigenvalue weighted by Gasteiger charge is 2.35. The minimum Gasteiger partial charge on any atom is -0.497 e. The molecule has 2 aromatic carbocycles. The number of rotatable bonds is 7. The van der Waals surface area contributed by atoms with E-state index in [-0.39, 0.29) is 24.2 Å². The average molecular weight is 367 g/mol. The van der Waals surface area contributed by atoms with Gasteiger partial charge in [-0.2, -0.15) is 0 Å². The van der Waals surface area contributed by atoms with E-state index in [0.29, 0.717) is 6.54 Å². The number of carbonyl (C=O) groups excluding carboxylic acids is 2. The van der Waals surface area contributed by atoms with Crippen LogP contribution in [0, 0.1) is 5.92 Å². The van der Waals surface area contributed by atoms with Gasteiger partial charge in [-0.1, -0.05) is 19.1 Å². The molecule has 1 heterocycles. The number of carbonyl (C=O) groups is 2. The number of hydrogen-bond donors (Lipinski definition) is 2. The van der Waals surface area contributed by atoms with Crippen LogP contribution in [-0.4, -0.2) is 32.0 Å². The Labute approximate surface area is 159 Å². The summed E-state index contributed by atoms with van der Waals surface area (Å²) in [7, 11) is 1.60. The molecule has 3 rings (SSSR count). The first-order valence-corrected chi connectivity index (χ1v) is 9.15. The van der Waals surface area contributed by atoms with Gasteiger partial charge in [0, 0.05) is 30.9 Å². The Morgan fingerprint density at radius 3 is 2.70 bits per heavy atom. The van der Waals surface area contributed by atoms with Crippen LogP contribution in [0.15, 0.2) is 48.5 Å². The Morgan fingerprint density at radius 1 is 1.22 bits per heavy atom. The second-order valence-corrected chi connectivity index (χ2v) is 6.57. The fourth-order valence-corrected chi connectivity index (χ4v) is 3.17. The Balaban J connectivity index is 1.63. The minimum atomic E-state index is -0.364. The van der Waals surface area contributed by atoms with Crippen LogP contribution in [0.25, 0.3) is 0 Å². The van der Waals surface area contributed by atoms with Gasteiger partial charge in [-0.25, -0.2) is 0 Å². The average Bonchev–Trinajstić information content (AvgIpc) is 3.08. The van der Waals surface area contributed by atoms with Gasteiger partial charge in [0.1, 0.15) is 5.75 Å². The summed E-state index contributed by atoms with van der Waals surface area (Å²) >= 11 is 0. The first kappa shape index (κ1) is 18.9. The van der Waals surface area contributed by atoms with Gasteiger partial charge in [-0.3, -0.25) is 9.59 Å². The first-order chi connectivity index (χ1) is 13.1. The molecular formula is C21H25N3O3. The van der Waals surface area contributed by atoms with Gasteiger partial charge < -0.3 is 20.3 Å². The van der Waals surface area contributed by atoms with E-state index >= 15 is 0 Å². The highest BCUT2D eigenvalue weighted by atomic mass is 16.5. The van der Waals surface area contributed by atoms with Gasteiger partial charge in [-0.05, 0) is 48.5 Å². The number of nitrogens with zero attached hydrogens (tertiary/aromatic N) is 1. The summed E-state index contributed by atoms with van der Waals surface area (Å²) in [6, 6.07) is 15.1. The van der Waals surface area contributed by atoms with E-state index in [9.17, 15) is 9.59 Å². The van der Waals surface area contributed by atoms with E-state index in [1.54, 1.807) is 12.0 Å². The van der Waals surface area contributed by atoms with Crippen molar-refractivity contribution in [2.75, 3.05) is 30.4 Å². The molecule has 0 bridgehead atoms. The molecule has 0 aromatic heterocycles. The van der Waals surface area contributed by atoms with Gasteiger partial charge in [0.25, 0.3) is 0 Å². The Hall–Kier alpha value is -2.86. The van der Waals surface area contributed by atoms with Crippen LogP contribution < -0.4 is 20.3 Å². The molecular weight excluding hydrogens is 342 g/mol. The van der Waals surface area contributed by atoms with Gasteiger partial charge in [0.05, 0.1) is 13.0 Å². The lowest BCUT2D eigenvalue weighted by molar-refractivity contribution is -0.122. The highest BCUT2D eigenvalue weighted by molar-refractivity contribution is 6.03. The molecule has 2 amide bonds. The fraction of sp³-hybridized carbons (Fsp3) is 0.333. The van der Waals surface area contributed by atoms with Crippen molar-refractivity contribution < 1.29 is 14.3 Å². The predicted molar refractivity (Wildman–Crippen MR) is 106 cm³/mol. The maximum absolute atomic E-state index is 12.6. The largest absolute Gasteiger partial charge is 0.497 e. The molecule has 1 unspecified atom stereocenters. The van der Waals surface area contributed by atoms with Crippen LogP contribution in [0.3, 0.4) is 0 Å². The number of benzene rings is 2. The van der Waals surface area contributed by atoms with Crippen molar-refractivity contribution in [2.24, 2.45) is 5.92 Å². The number of hydrogen-bond acceptors (Lipinski definition) is 4. The Morgan fingerprint density at radius 2 is 2.00 bits per heavy atom. The van der Waals surface area contributed by atoms with Crippen molar-refractivity contribution in [3.05, 3.63) is 54.1 Å². The van der Waals surface area contributed by atoms with Crippen LogP contribution in [0.1, 0.15) is 18.9 Å². The van der Waals surface area contributed by atoms with Gasteiger partial charge in [0.2, 0.25) is 11.8 Å². The molecule has 1 fully saturated rings. The fourth-order valence-electron chi connectivity index (χ4n) is 3.17. The zero-order valence-corrected chi connectivity index (χ0v) is 15.7. The SMILES string of the molecule is CCNCc1cccc(NC(=O)C2CC(=O)N(c3ccc(OC)cc3)C2)c1. The molecule has 2 aromatic rings. The molecule has 6 heteroatoms. The molecule has 1 aliphatic heterocycles. The zero-order chi connectivity index (χ0) is 19.2. The molecule has 1 saturated heterocycles. The lowest BCUT2D eigenvalue weighted by Crippen LogP contribution is -2.28. The van der Waals surface area contributed by atoms with E-state index in [0.717, 1.165) is 35.8 Å². The molecule has 0 radical (unpaired) electrons. The third-order valence-electron chi connectivity index (χ3n) is 4.65. The molecule has 0 aliphatic carbocycles. The number of nitrogens with one attached hydrogen (secondary N) is 2. The van der Waals surface area contributed by atoms with Crippen molar-refractivity contribution >= 4 is 23.2 Å². The molecule has 6 nitrogen and oxygen atoms in total. The zero-order valence-electron chi connectivity index (χ0n) is 15.7. The summed E-state index contributed by atoms with van der Waals surface area (Å²) in [6.45, 7) is 4.08. The molecule has 0 saturated carbocycles. The molecule has 142 valence electrons. The minimum absolute atomic E-state index is 0.0405. The van der Waals surface area contributed by atoms with Crippen LogP contribution in [0.4, 0.5) is 11.4 Å². The maximum atomic E-state index is 12.6. The van der Waals surface area contributed by atoms with Crippen LogP contribution >= 0.6 is 0 Å². The van der Waals surface area contributed by atoms with E-state index in [4.69, 9.17) is 4.74 Å². The smallest absolute Gasteiger partial charge is 0.229 e. The highest BCUT2D eigenvalue weighted by Crippen LogP contribution is 2.27. The van der Waals surface area contributed by atoms with Gasteiger partial charge >= 0.3 is 0 Å². The summed E-state index contributed by atoms with van der Waals surface area (Å²) in [6.07, 6.45) is 0.217. The lowest BCUT2D eigenvalue weighted by atomic mass is 10.1. The standard InChI is InChI=1S/C21H25N3O3/c1-3-22-13-15-5-4-6-17(11-15)23-21(26)16-12-20(25)24(14-16)18-7-9-19(27-2)10-8-18/h4-11,16,22H,3,12-14H2,1-2H3,(H,23,26). The second-order valence-electron chi connectivity index (χ2n) is 6.57. The summed E-state index contributed by atoms with van der Waals surface area (Å²) < 4.78 is 5.15. The maximum Gasteiger partial charge on any atom is 0.229 e. The number of methoxy groups -OCH3 is 1. The number of amides is 2. The molecule has 2 N–H and O–H groups in total. The van der Waals surface area contributed by atoms with Crippen molar-refractivity contribution in [2.45, 2.75) is 19.9 Å². The molecule has 1 atom stereocenters. The molecule has 1 aliphatic rings. The molecule has 27 heavy (non-hydrogen) atoms. The van der Waals surface area contributed by atoms with E-state index < -0.39 is 0 Å². The monoisotopic (exact) mass is 367 g/mol. The quantitative estimate of drug-likeness (QED) is 0.789. The van der Waals surface area contributed by atoms with Gasteiger partial charge in [0.15, 0.2) is 0 Å². The lowest BCUT2D eigenvalue weighted by Gasteiger charge is -2.17.